The molecule has 1 aliphatic rings. The molecule has 0 unspecified atom stereocenters. The second-order valence-corrected chi connectivity index (χ2v) is 9.45. The van der Waals surface area contributed by atoms with Gasteiger partial charge in [-0.1, -0.05) is 0 Å². The van der Waals surface area contributed by atoms with Crippen molar-refractivity contribution >= 4 is 27.0 Å². The number of nitrogen functional groups attached to an aromatic ring is 1. The van der Waals surface area contributed by atoms with Crippen molar-refractivity contribution in [3.63, 3.8) is 0 Å². The molecule has 1 aromatic carbocycles. The van der Waals surface area contributed by atoms with Gasteiger partial charge in [-0.25, -0.2) is 8.42 Å². The molecule has 7 heteroatoms. The lowest BCUT2D eigenvalue weighted by atomic mass is 10.1. The molecule has 1 fully saturated rings. The Balaban J connectivity index is 1.55. The van der Waals surface area contributed by atoms with Crippen molar-refractivity contribution in [1.29, 1.82) is 0 Å². The Morgan fingerprint density at radius 3 is 2.42 bits per heavy atom. The summed E-state index contributed by atoms with van der Waals surface area (Å²) in [6.45, 7) is 4.06. The fourth-order valence-corrected chi connectivity index (χ4v) is 5.23. The Bertz CT molecular complexity index is 776. The van der Waals surface area contributed by atoms with Gasteiger partial charge in [-0.05, 0) is 56.2 Å². The first-order chi connectivity index (χ1) is 11.4. The zero-order valence-electron chi connectivity index (χ0n) is 13.7. The maximum atomic E-state index is 12.7. The number of benzene rings is 1. The van der Waals surface area contributed by atoms with Crippen molar-refractivity contribution in [1.82, 2.24) is 9.62 Å². The highest BCUT2D eigenvalue weighted by Crippen LogP contribution is 2.22. The number of aryl methyl sites for hydroxylation is 1. The van der Waals surface area contributed by atoms with Gasteiger partial charge in [-0.2, -0.15) is 4.31 Å². The fraction of sp³-hybridized carbons (Fsp3) is 0.412. The van der Waals surface area contributed by atoms with Crippen LogP contribution in [0.15, 0.2) is 41.3 Å². The Hall–Kier alpha value is -1.41. The molecule has 2 aromatic rings. The molecule has 0 spiro atoms. The normalized spacial score (nSPS) is 17.2. The number of rotatable bonds is 5. The van der Waals surface area contributed by atoms with Gasteiger partial charge in [0.2, 0.25) is 10.0 Å². The van der Waals surface area contributed by atoms with E-state index in [1.165, 1.54) is 9.75 Å². The Kier molecular flexibility index (Phi) is 5.24. The largest absolute Gasteiger partial charge is 0.399 e. The third kappa shape index (κ3) is 3.97. The molecule has 3 N–H and O–H groups in total. The van der Waals surface area contributed by atoms with E-state index >= 15 is 0 Å². The lowest BCUT2D eigenvalue weighted by Gasteiger charge is -2.31. The van der Waals surface area contributed by atoms with E-state index in [4.69, 9.17) is 5.73 Å². The van der Waals surface area contributed by atoms with Crippen LogP contribution in [0.4, 0.5) is 5.69 Å². The molecule has 1 aromatic heterocycles. The van der Waals surface area contributed by atoms with Crippen molar-refractivity contribution in [3.8, 4) is 0 Å². The van der Waals surface area contributed by atoms with Gasteiger partial charge in [0.05, 0.1) is 4.90 Å². The van der Waals surface area contributed by atoms with Gasteiger partial charge in [-0.15, -0.1) is 11.3 Å². The monoisotopic (exact) mass is 365 g/mol. The van der Waals surface area contributed by atoms with Crippen LogP contribution in [0.2, 0.25) is 0 Å². The highest BCUT2D eigenvalue weighted by molar-refractivity contribution is 7.89. The van der Waals surface area contributed by atoms with Crippen LogP contribution in [0, 0.1) is 6.92 Å². The number of piperidine rings is 1. The van der Waals surface area contributed by atoms with Crippen LogP contribution < -0.4 is 11.1 Å². The standard InChI is InChI=1S/C17H23N3O2S2/c1-13-2-5-16(23-13)12-19-15-8-10-20(11-9-15)24(21,22)17-6-3-14(18)4-7-17/h2-7,15,19H,8-12,18H2,1H3. The first-order valence-electron chi connectivity index (χ1n) is 8.09. The summed E-state index contributed by atoms with van der Waals surface area (Å²) in [6, 6.07) is 11.1. The number of hydrogen-bond acceptors (Lipinski definition) is 5. The number of hydrogen-bond donors (Lipinski definition) is 2. The topological polar surface area (TPSA) is 75.4 Å². The quantitative estimate of drug-likeness (QED) is 0.799. The van der Waals surface area contributed by atoms with Crippen molar-refractivity contribution in [3.05, 3.63) is 46.2 Å². The van der Waals surface area contributed by atoms with E-state index in [0.29, 0.717) is 29.7 Å². The summed E-state index contributed by atoms with van der Waals surface area (Å²) in [5.74, 6) is 0. The maximum Gasteiger partial charge on any atom is 0.243 e. The second-order valence-electron chi connectivity index (χ2n) is 6.14. The average Bonchev–Trinajstić information content (AvgIpc) is 2.99. The second kappa shape index (κ2) is 7.23. The van der Waals surface area contributed by atoms with Crippen LogP contribution in [-0.4, -0.2) is 31.9 Å². The molecule has 0 saturated carbocycles. The maximum absolute atomic E-state index is 12.7. The smallest absolute Gasteiger partial charge is 0.243 e. The highest BCUT2D eigenvalue weighted by atomic mass is 32.2. The number of sulfonamides is 1. The predicted octanol–water partition coefficient (Wildman–Crippen LogP) is 2.58. The van der Waals surface area contributed by atoms with E-state index in [1.807, 2.05) is 0 Å². The van der Waals surface area contributed by atoms with Crippen molar-refractivity contribution in [2.45, 2.75) is 37.2 Å². The summed E-state index contributed by atoms with van der Waals surface area (Å²) in [4.78, 5) is 2.96. The molecule has 0 radical (unpaired) electrons. The fourth-order valence-electron chi connectivity index (χ4n) is 2.91. The first kappa shape index (κ1) is 17.4. The molecule has 5 nitrogen and oxygen atoms in total. The number of nitrogens with two attached hydrogens (primary N) is 1. The molecule has 0 atom stereocenters. The minimum Gasteiger partial charge on any atom is -0.399 e. The summed E-state index contributed by atoms with van der Waals surface area (Å²) < 4.78 is 26.9. The number of nitrogens with one attached hydrogen (secondary N) is 1. The predicted molar refractivity (Wildman–Crippen MR) is 98.5 cm³/mol. The lowest BCUT2D eigenvalue weighted by molar-refractivity contribution is 0.289. The van der Waals surface area contributed by atoms with Gasteiger partial charge in [-0.3, -0.25) is 0 Å². The van der Waals surface area contributed by atoms with E-state index in [-0.39, 0.29) is 0 Å². The lowest BCUT2D eigenvalue weighted by Crippen LogP contribution is -2.44. The third-order valence-electron chi connectivity index (χ3n) is 4.33. The molecule has 0 aliphatic carbocycles. The van der Waals surface area contributed by atoms with Gasteiger partial charge in [0.25, 0.3) is 0 Å². The minimum atomic E-state index is -3.41. The minimum absolute atomic E-state index is 0.317. The van der Waals surface area contributed by atoms with Gasteiger partial charge >= 0.3 is 0 Å². The number of thiophene rings is 1. The molecular formula is C17H23N3O2S2. The summed E-state index contributed by atoms with van der Waals surface area (Å²) >= 11 is 1.80. The van der Waals surface area contributed by atoms with Gasteiger partial charge < -0.3 is 11.1 Å². The van der Waals surface area contributed by atoms with Crippen molar-refractivity contribution in [2.75, 3.05) is 18.8 Å². The molecule has 2 heterocycles. The van der Waals surface area contributed by atoms with Gasteiger partial charge in [0.15, 0.2) is 0 Å². The molecule has 24 heavy (non-hydrogen) atoms. The summed E-state index contributed by atoms with van der Waals surface area (Å²) in [5, 5.41) is 3.54. The summed E-state index contributed by atoms with van der Waals surface area (Å²) in [6.07, 6.45) is 1.66. The van der Waals surface area contributed by atoms with Crippen LogP contribution in [-0.2, 0) is 16.6 Å². The molecule has 0 amide bonds. The van der Waals surface area contributed by atoms with Crippen LogP contribution in [0.3, 0.4) is 0 Å². The molecule has 3 rings (SSSR count). The van der Waals surface area contributed by atoms with E-state index in [9.17, 15) is 8.42 Å². The van der Waals surface area contributed by atoms with Crippen LogP contribution in [0.1, 0.15) is 22.6 Å². The average molecular weight is 366 g/mol. The molecule has 1 aliphatic heterocycles. The van der Waals surface area contributed by atoms with E-state index in [1.54, 1.807) is 39.9 Å². The first-order valence-corrected chi connectivity index (χ1v) is 10.4. The third-order valence-corrected chi connectivity index (χ3v) is 7.25. The Morgan fingerprint density at radius 2 is 1.83 bits per heavy atom. The van der Waals surface area contributed by atoms with Gasteiger partial charge in [0.1, 0.15) is 0 Å². The zero-order valence-corrected chi connectivity index (χ0v) is 15.4. The van der Waals surface area contributed by atoms with E-state index in [0.717, 1.165) is 19.4 Å². The molecule has 130 valence electrons. The highest BCUT2D eigenvalue weighted by Gasteiger charge is 2.29. The van der Waals surface area contributed by atoms with Gasteiger partial charge in [0, 0.05) is 41.1 Å². The van der Waals surface area contributed by atoms with Crippen molar-refractivity contribution < 1.29 is 8.42 Å². The van der Waals surface area contributed by atoms with Crippen LogP contribution in [0.5, 0.6) is 0 Å². The van der Waals surface area contributed by atoms with Crippen molar-refractivity contribution in [2.24, 2.45) is 0 Å². The summed E-state index contributed by atoms with van der Waals surface area (Å²) in [5.41, 5.74) is 6.20. The number of nitrogens with zero attached hydrogens (tertiary/aromatic N) is 1. The zero-order chi connectivity index (χ0) is 17.2. The number of anilines is 1. The SMILES string of the molecule is Cc1ccc(CNC2CCN(S(=O)(=O)c3ccc(N)cc3)CC2)s1. The van der Waals surface area contributed by atoms with E-state index in [2.05, 4.69) is 24.4 Å². The van der Waals surface area contributed by atoms with E-state index < -0.39 is 10.0 Å². The Morgan fingerprint density at radius 1 is 1.17 bits per heavy atom. The Labute approximate surface area is 147 Å². The molecular weight excluding hydrogens is 342 g/mol. The molecule has 0 bridgehead atoms. The summed E-state index contributed by atoms with van der Waals surface area (Å²) in [7, 11) is -3.41. The van der Waals surface area contributed by atoms with Crippen LogP contribution >= 0.6 is 11.3 Å². The van der Waals surface area contributed by atoms with Crippen LogP contribution in [0.25, 0.3) is 0 Å². The molecule has 1 saturated heterocycles.